The second kappa shape index (κ2) is 2.62. The monoisotopic (exact) mass is 182 g/mol. The molecule has 13 heavy (non-hydrogen) atoms. The van der Waals surface area contributed by atoms with Crippen LogP contribution in [0.3, 0.4) is 0 Å². The Morgan fingerprint density at radius 1 is 1.23 bits per heavy atom. The predicted octanol–water partition coefficient (Wildman–Crippen LogP) is 1.61. The van der Waals surface area contributed by atoms with Gasteiger partial charge in [0.15, 0.2) is 11.6 Å². The summed E-state index contributed by atoms with van der Waals surface area (Å²) in [6.45, 7) is 0. The van der Waals surface area contributed by atoms with Gasteiger partial charge in [-0.3, -0.25) is 0 Å². The van der Waals surface area contributed by atoms with Crippen LogP contribution in [-0.2, 0) is 0 Å². The van der Waals surface area contributed by atoms with Crippen LogP contribution in [0.25, 0.3) is 10.9 Å². The van der Waals surface area contributed by atoms with E-state index in [1.54, 1.807) is 0 Å². The topological polar surface area (TPSA) is 46.0 Å². The van der Waals surface area contributed by atoms with Crippen LogP contribution in [-0.4, -0.2) is 15.1 Å². The van der Waals surface area contributed by atoms with Gasteiger partial charge in [0.1, 0.15) is 17.7 Å². The van der Waals surface area contributed by atoms with Gasteiger partial charge in [0.05, 0.1) is 5.39 Å². The molecule has 0 radical (unpaired) electrons. The summed E-state index contributed by atoms with van der Waals surface area (Å²) < 4.78 is 25.8. The minimum absolute atomic E-state index is 0.00130. The standard InChI is InChI=1S/C8H4F2N2O/c9-5-1-6(10)8(13)7-4(5)2-11-3-12-7/h1-3,13H. The molecule has 3 nitrogen and oxygen atoms in total. The van der Waals surface area contributed by atoms with Gasteiger partial charge in [-0.15, -0.1) is 0 Å². The molecule has 66 valence electrons. The highest BCUT2D eigenvalue weighted by atomic mass is 19.1. The molecule has 0 amide bonds. The van der Waals surface area contributed by atoms with Crippen molar-refractivity contribution < 1.29 is 13.9 Å². The molecule has 0 aliphatic rings. The summed E-state index contributed by atoms with van der Waals surface area (Å²) in [4.78, 5) is 7.12. The number of phenolic OH excluding ortho intramolecular Hbond substituents is 1. The molecule has 0 aliphatic carbocycles. The molecule has 0 atom stereocenters. The quantitative estimate of drug-likeness (QED) is 0.673. The van der Waals surface area contributed by atoms with Gasteiger partial charge in [-0.25, -0.2) is 18.7 Å². The number of phenols is 1. The van der Waals surface area contributed by atoms with Crippen molar-refractivity contribution in [2.45, 2.75) is 0 Å². The van der Waals surface area contributed by atoms with Crippen molar-refractivity contribution >= 4 is 10.9 Å². The van der Waals surface area contributed by atoms with Crippen molar-refractivity contribution in [3.63, 3.8) is 0 Å². The number of aromatic hydroxyl groups is 1. The highest BCUT2D eigenvalue weighted by molar-refractivity contribution is 5.83. The molecule has 0 unspecified atom stereocenters. The zero-order valence-corrected chi connectivity index (χ0v) is 6.33. The van der Waals surface area contributed by atoms with Crippen LogP contribution in [0.15, 0.2) is 18.6 Å². The van der Waals surface area contributed by atoms with E-state index in [4.69, 9.17) is 5.11 Å². The molecule has 5 heteroatoms. The first-order valence-electron chi connectivity index (χ1n) is 3.47. The largest absolute Gasteiger partial charge is 0.503 e. The van der Waals surface area contributed by atoms with Crippen LogP contribution >= 0.6 is 0 Å². The fourth-order valence-electron chi connectivity index (χ4n) is 1.06. The molecule has 2 aromatic rings. The summed E-state index contributed by atoms with van der Waals surface area (Å²) >= 11 is 0. The fraction of sp³-hybridized carbons (Fsp3) is 0. The van der Waals surface area contributed by atoms with E-state index >= 15 is 0 Å². The second-order valence-electron chi connectivity index (χ2n) is 2.47. The maximum atomic E-state index is 13.0. The molecule has 0 fully saturated rings. The van der Waals surface area contributed by atoms with Crippen LogP contribution in [0.1, 0.15) is 0 Å². The van der Waals surface area contributed by atoms with Crippen LogP contribution in [0.2, 0.25) is 0 Å². The van der Waals surface area contributed by atoms with E-state index in [2.05, 4.69) is 9.97 Å². The van der Waals surface area contributed by atoms with Crippen molar-refractivity contribution in [2.75, 3.05) is 0 Å². The Hall–Kier alpha value is -1.78. The summed E-state index contributed by atoms with van der Waals surface area (Å²) in [5.74, 6) is -2.46. The number of fused-ring (bicyclic) bond motifs is 1. The molecule has 0 spiro atoms. The van der Waals surface area contributed by atoms with Crippen molar-refractivity contribution in [1.29, 1.82) is 0 Å². The number of benzene rings is 1. The van der Waals surface area contributed by atoms with Crippen molar-refractivity contribution in [3.05, 3.63) is 30.2 Å². The van der Waals surface area contributed by atoms with Gasteiger partial charge in [-0.2, -0.15) is 0 Å². The zero-order chi connectivity index (χ0) is 9.42. The van der Waals surface area contributed by atoms with Gasteiger partial charge >= 0.3 is 0 Å². The minimum Gasteiger partial charge on any atom is -0.503 e. The average Bonchev–Trinajstić information content (AvgIpc) is 2.15. The Bertz CT molecular complexity index is 473. The predicted molar refractivity (Wildman–Crippen MR) is 41.1 cm³/mol. The lowest BCUT2D eigenvalue weighted by molar-refractivity contribution is 0.434. The van der Waals surface area contributed by atoms with Gasteiger partial charge in [-0.05, 0) is 0 Å². The highest BCUT2D eigenvalue weighted by Gasteiger charge is 2.11. The van der Waals surface area contributed by atoms with Gasteiger partial charge in [-0.1, -0.05) is 0 Å². The van der Waals surface area contributed by atoms with Crippen molar-refractivity contribution in [2.24, 2.45) is 0 Å². The third-order valence-corrected chi connectivity index (χ3v) is 1.67. The molecule has 1 heterocycles. The number of rotatable bonds is 0. The summed E-state index contributed by atoms with van der Waals surface area (Å²) in [6.07, 6.45) is 2.29. The van der Waals surface area contributed by atoms with E-state index in [9.17, 15) is 8.78 Å². The number of hydrogen-bond donors (Lipinski definition) is 1. The minimum atomic E-state index is -1.02. The molecular weight excluding hydrogens is 178 g/mol. The molecule has 0 saturated heterocycles. The van der Waals surface area contributed by atoms with Gasteiger partial charge in [0.25, 0.3) is 0 Å². The van der Waals surface area contributed by atoms with Crippen LogP contribution in [0.5, 0.6) is 5.75 Å². The molecule has 2 rings (SSSR count). The molecule has 1 aromatic heterocycles. The SMILES string of the molecule is Oc1c(F)cc(F)c2cncnc12. The van der Waals surface area contributed by atoms with Crippen molar-refractivity contribution in [1.82, 2.24) is 9.97 Å². The summed E-state index contributed by atoms with van der Waals surface area (Å²) in [5.41, 5.74) is -0.118. The maximum absolute atomic E-state index is 13.0. The molecule has 1 aromatic carbocycles. The first-order chi connectivity index (χ1) is 6.20. The van der Waals surface area contributed by atoms with E-state index in [0.717, 1.165) is 6.33 Å². The number of halogens is 2. The lowest BCUT2D eigenvalue weighted by Gasteiger charge is -2.00. The third-order valence-electron chi connectivity index (χ3n) is 1.67. The van der Waals surface area contributed by atoms with Crippen LogP contribution in [0.4, 0.5) is 8.78 Å². The molecule has 0 aliphatic heterocycles. The van der Waals surface area contributed by atoms with E-state index < -0.39 is 17.4 Å². The lowest BCUT2D eigenvalue weighted by Crippen LogP contribution is -1.89. The highest BCUT2D eigenvalue weighted by Crippen LogP contribution is 2.26. The van der Waals surface area contributed by atoms with Gasteiger partial charge < -0.3 is 5.11 Å². The summed E-state index contributed by atoms with van der Waals surface area (Å²) in [5, 5.41) is 9.15. The Morgan fingerprint density at radius 3 is 2.77 bits per heavy atom. The fourth-order valence-corrected chi connectivity index (χ4v) is 1.06. The molecule has 1 N–H and O–H groups in total. The zero-order valence-electron chi connectivity index (χ0n) is 6.33. The summed E-state index contributed by atoms with van der Waals surface area (Å²) in [6, 6.07) is 0.598. The smallest absolute Gasteiger partial charge is 0.178 e. The Kier molecular flexibility index (Phi) is 1.58. The van der Waals surface area contributed by atoms with Crippen molar-refractivity contribution in [3.8, 4) is 5.75 Å². The Balaban J connectivity index is 2.97. The first kappa shape index (κ1) is 7.85. The third kappa shape index (κ3) is 1.09. The maximum Gasteiger partial charge on any atom is 0.178 e. The Labute approximate surface area is 71.7 Å². The normalized spacial score (nSPS) is 10.6. The molecule has 0 saturated carbocycles. The Morgan fingerprint density at radius 2 is 2.00 bits per heavy atom. The first-order valence-corrected chi connectivity index (χ1v) is 3.47. The van der Waals surface area contributed by atoms with E-state index in [-0.39, 0.29) is 10.9 Å². The van der Waals surface area contributed by atoms with E-state index in [0.29, 0.717) is 6.07 Å². The van der Waals surface area contributed by atoms with E-state index in [1.807, 2.05) is 0 Å². The summed E-state index contributed by atoms with van der Waals surface area (Å²) in [7, 11) is 0. The molecule has 0 bridgehead atoms. The van der Waals surface area contributed by atoms with Crippen LogP contribution < -0.4 is 0 Å². The second-order valence-corrected chi connectivity index (χ2v) is 2.47. The lowest BCUT2D eigenvalue weighted by atomic mass is 10.2. The number of hydrogen-bond acceptors (Lipinski definition) is 3. The average molecular weight is 182 g/mol. The van der Waals surface area contributed by atoms with E-state index in [1.165, 1.54) is 6.20 Å². The van der Waals surface area contributed by atoms with Gasteiger partial charge in [0.2, 0.25) is 0 Å². The van der Waals surface area contributed by atoms with Crippen LogP contribution in [0, 0.1) is 11.6 Å². The molecular formula is C8H4F2N2O. The number of nitrogens with zero attached hydrogens (tertiary/aromatic N) is 2. The van der Waals surface area contributed by atoms with Gasteiger partial charge in [0, 0.05) is 12.3 Å². The number of aromatic nitrogens is 2.